The fraction of sp³-hybridized carbons (Fsp3) is 0.167. The topological polar surface area (TPSA) is 95.9 Å². The van der Waals surface area contributed by atoms with Gasteiger partial charge in [0.1, 0.15) is 5.75 Å². The van der Waals surface area contributed by atoms with Crippen molar-refractivity contribution in [1.29, 1.82) is 0 Å². The summed E-state index contributed by atoms with van der Waals surface area (Å²) in [6.07, 6.45) is 2.08. The number of amides is 1. The Hall–Kier alpha value is -2.50. The number of carbonyl (C=O) groups is 2. The molecule has 3 N–H and O–H groups in total. The Balaban J connectivity index is 2.25. The van der Waals surface area contributed by atoms with Gasteiger partial charge in [-0.2, -0.15) is 0 Å². The van der Waals surface area contributed by atoms with Crippen molar-refractivity contribution < 1.29 is 24.5 Å². The number of phenolic OH excluding ortho intramolecular Hbond substituents is 1. The van der Waals surface area contributed by atoms with Crippen LogP contribution in [0.3, 0.4) is 0 Å². The Morgan fingerprint density at radius 1 is 1.28 bits per heavy atom. The van der Waals surface area contributed by atoms with Crippen LogP contribution in [0.1, 0.15) is 6.42 Å². The highest BCUT2D eigenvalue weighted by atomic mass is 16.5. The maximum atomic E-state index is 11.3. The number of carboxylic acids is 1. The van der Waals surface area contributed by atoms with Crippen LogP contribution in [0.15, 0.2) is 36.4 Å². The van der Waals surface area contributed by atoms with E-state index in [9.17, 15) is 9.59 Å². The Morgan fingerprint density at radius 3 is 2.56 bits per heavy atom. The number of rotatable bonds is 5. The summed E-state index contributed by atoms with van der Waals surface area (Å²) in [6, 6.07) is 5.93. The lowest BCUT2D eigenvalue weighted by molar-refractivity contribution is -0.131. The predicted octanol–water partition coefficient (Wildman–Crippen LogP) is 1.97. The average molecular weight is 251 g/mol. The van der Waals surface area contributed by atoms with E-state index in [-0.39, 0.29) is 12.4 Å². The van der Waals surface area contributed by atoms with E-state index < -0.39 is 12.1 Å². The van der Waals surface area contributed by atoms with Crippen LogP contribution in [-0.4, -0.2) is 28.9 Å². The minimum atomic E-state index is -1.04. The zero-order chi connectivity index (χ0) is 13.4. The van der Waals surface area contributed by atoms with Crippen LogP contribution in [0.2, 0.25) is 0 Å². The summed E-state index contributed by atoms with van der Waals surface area (Å²) in [7, 11) is 0. The molecule has 0 spiro atoms. The third kappa shape index (κ3) is 5.55. The predicted molar refractivity (Wildman–Crippen MR) is 64.5 cm³/mol. The number of benzene rings is 1. The molecule has 0 fully saturated rings. The second-order valence-electron chi connectivity index (χ2n) is 3.34. The highest BCUT2D eigenvalue weighted by Crippen LogP contribution is 2.13. The normalized spacial score (nSPS) is 10.2. The molecule has 0 heterocycles. The summed E-state index contributed by atoms with van der Waals surface area (Å²) in [5.41, 5.74) is 0.499. The van der Waals surface area contributed by atoms with Gasteiger partial charge in [-0.3, -0.25) is 5.32 Å². The van der Waals surface area contributed by atoms with Gasteiger partial charge in [0, 0.05) is 18.2 Å². The molecule has 0 saturated heterocycles. The standard InChI is InChI=1S/C12H13NO5/c14-10-6-4-9(5-7-10)13-12(17)18-8-2-1-3-11(15)16/h1,3-7,14H,2,8H2,(H,13,17)(H,15,16). The molecule has 0 saturated carbocycles. The van der Waals surface area contributed by atoms with Crippen molar-refractivity contribution in [1.82, 2.24) is 0 Å². The number of ether oxygens (including phenoxy) is 1. The van der Waals surface area contributed by atoms with E-state index in [2.05, 4.69) is 5.32 Å². The van der Waals surface area contributed by atoms with Crippen molar-refractivity contribution in [3.05, 3.63) is 36.4 Å². The first-order chi connectivity index (χ1) is 8.58. The Bertz CT molecular complexity index is 438. The summed E-state index contributed by atoms with van der Waals surface area (Å²) in [5.74, 6) is -0.934. The number of carbonyl (C=O) groups excluding carboxylic acids is 1. The van der Waals surface area contributed by atoms with E-state index in [0.29, 0.717) is 12.1 Å². The summed E-state index contributed by atoms with van der Waals surface area (Å²) >= 11 is 0. The second kappa shape index (κ2) is 6.95. The number of phenols is 1. The average Bonchev–Trinajstić information content (AvgIpc) is 2.31. The summed E-state index contributed by atoms with van der Waals surface area (Å²) in [4.78, 5) is 21.4. The van der Waals surface area contributed by atoms with Gasteiger partial charge in [-0.1, -0.05) is 6.08 Å². The monoisotopic (exact) mass is 251 g/mol. The number of hydrogen-bond acceptors (Lipinski definition) is 4. The second-order valence-corrected chi connectivity index (χ2v) is 3.34. The smallest absolute Gasteiger partial charge is 0.411 e. The van der Waals surface area contributed by atoms with Crippen molar-refractivity contribution in [2.75, 3.05) is 11.9 Å². The van der Waals surface area contributed by atoms with Crippen LogP contribution in [-0.2, 0) is 9.53 Å². The van der Waals surface area contributed by atoms with Crippen molar-refractivity contribution in [3.8, 4) is 5.75 Å². The van der Waals surface area contributed by atoms with Crippen LogP contribution in [0, 0.1) is 0 Å². The molecule has 1 aromatic rings. The number of carboxylic acid groups (broad SMARTS) is 1. The quantitative estimate of drug-likeness (QED) is 0.422. The summed E-state index contributed by atoms with van der Waals surface area (Å²) < 4.78 is 4.80. The minimum Gasteiger partial charge on any atom is -0.508 e. The molecule has 18 heavy (non-hydrogen) atoms. The zero-order valence-corrected chi connectivity index (χ0v) is 9.50. The maximum Gasteiger partial charge on any atom is 0.411 e. The van der Waals surface area contributed by atoms with Crippen molar-refractivity contribution in [2.24, 2.45) is 0 Å². The molecule has 0 aliphatic rings. The van der Waals surface area contributed by atoms with Crippen molar-refractivity contribution in [3.63, 3.8) is 0 Å². The number of nitrogens with one attached hydrogen (secondary N) is 1. The molecule has 0 radical (unpaired) electrons. The minimum absolute atomic E-state index is 0.0910. The van der Waals surface area contributed by atoms with Gasteiger partial charge >= 0.3 is 12.1 Å². The number of aliphatic carboxylic acids is 1. The highest BCUT2D eigenvalue weighted by molar-refractivity contribution is 5.84. The van der Waals surface area contributed by atoms with Gasteiger partial charge < -0.3 is 14.9 Å². The first kappa shape index (κ1) is 13.6. The molecule has 0 aliphatic heterocycles. The first-order valence-corrected chi connectivity index (χ1v) is 5.20. The third-order valence-electron chi connectivity index (χ3n) is 1.89. The molecule has 0 atom stereocenters. The molecule has 0 unspecified atom stereocenters. The van der Waals surface area contributed by atoms with E-state index in [4.69, 9.17) is 14.9 Å². The molecule has 6 nitrogen and oxygen atoms in total. The molecule has 6 heteroatoms. The molecule has 96 valence electrons. The molecule has 0 aromatic heterocycles. The van der Waals surface area contributed by atoms with Gasteiger partial charge in [-0.15, -0.1) is 0 Å². The molecule has 1 amide bonds. The van der Waals surface area contributed by atoms with Crippen LogP contribution >= 0.6 is 0 Å². The zero-order valence-electron chi connectivity index (χ0n) is 9.50. The van der Waals surface area contributed by atoms with Crippen molar-refractivity contribution in [2.45, 2.75) is 6.42 Å². The van der Waals surface area contributed by atoms with Crippen molar-refractivity contribution >= 4 is 17.7 Å². The fourth-order valence-electron chi connectivity index (χ4n) is 1.10. The van der Waals surface area contributed by atoms with E-state index in [1.54, 1.807) is 0 Å². The number of aromatic hydroxyl groups is 1. The molecule has 1 aromatic carbocycles. The van der Waals surface area contributed by atoms with E-state index >= 15 is 0 Å². The SMILES string of the molecule is O=C(O)C=CCCOC(=O)Nc1ccc(O)cc1. The molecular formula is C12H13NO5. The van der Waals surface area contributed by atoms with E-state index in [1.807, 2.05) is 0 Å². The largest absolute Gasteiger partial charge is 0.508 e. The first-order valence-electron chi connectivity index (χ1n) is 5.20. The Labute approximate surface area is 104 Å². The summed E-state index contributed by atoms with van der Waals surface area (Å²) in [5, 5.41) is 19.8. The lowest BCUT2D eigenvalue weighted by Gasteiger charge is -2.05. The molecule has 1 rings (SSSR count). The van der Waals surface area contributed by atoms with Crippen LogP contribution < -0.4 is 5.32 Å². The van der Waals surface area contributed by atoms with Crippen LogP contribution in [0.5, 0.6) is 5.75 Å². The van der Waals surface area contributed by atoms with Crippen LogP contribution in [0.4, 0.5) is 10.5 Å². The van der Waals surface area contributed by atoms with E-state index in [0.717, 1.165) is 6.08 Å². The van der Waals surface area contributed by atoms with E-state index in [1.165, 1.54) is 30.3 Å². The van der Waals surface area contributed by atoms with Gasteiger partial charge in [0.2, 0.25) is 0 Å². The molecule has 0 bridgehead atoms. The lowest BCUT2D eigenvalue weighted by atomic mass is 10.3. The van der Waals surface area contributed by atoms with Gasteiger partial charge in [-0.25, -0.2) is 9.59 Å². The lowest BCUT2D eigenvalue weighted by Crippen LogP contribution is -2.14. The van der Waals surface area contributed by atoms with Gasteiger partial charge in [0.15, 0.2) is 0 Å². The number of hydrogen-bond donors (Lipinski definition) is 3. The maximum absolute atomic E-state index is 11.3. The molecular weight excluding hydrogens is 238 g/mol. The third-order valence-corrected chi connectivity index (χ3v) is 1.89. The van der Waals surface area contributed by atoms with Gasteiger partial charge in [0.25, 0.3) is 0 Å². The van der Waals surface area contributed by atoms with Crippen LogP contribution in [0.25, 0.3) is 0 Å². The fourth-order valence-corrected chi connectivity index (χ4v) is 1.10. The molecule has 0 aliphatic carbocycles. The highest BCUT2D eigenvalue weighted by Gasteiger charge is 2.01. The Kier molecular flexibility index (Phi) is 5.24. The number of anilines is 1. The van der Waals surface area contributed by atoms with Gasteiger partial charge in [-0.05, 0) is 24.3 Å². The summed E-state index contributed by atoms with van der Waals surface area (Å²) in [6.45, 7) is 0.0910. The Morgan fingerprint density at radius 2 is 1.94 bits per heavy atom. The van der Waals surface area contributed by atoms with Gasteiger partial charge in [0.05, 0.1) is 6.61 Å².